The summed E-state index contributed by atoms with van der Waals surface area (Å²) in [6.07, 6.45) is 6.70. The molecule has 0 aliphatic carbocycles. The van der Waals surface area contributed by atoms with Crippen molar-refractivity contribution < 1.29 is 110 Å². The van der Waals surface area contributed by atoms with Crippen LogP contribution in [0.5, 0.6) is 23.0 Å². The molecule has 34 nitrogen and oxygen atoms in total. The number of aryl methyl sites for hydroxylation is 1. The molecular weight excluding hydrogens is 1760 g/mol. The summed E-state index contributed by atoms with van der Waals surface area (Å²) < 4.78 is 47.5. The lowest BCUT2D eigenvalue weighted by Crippen LogP contribution is -2.51. The largest absolute Gasteiger partial charge is 0.497 e. The molecule has 0 saturated carbocycles. The number of rotatable bonds is 14. The van der Waals surface area contributed by atoms with Gasteiger partial charge in [-0.3, -0.25) is 57.6 Å². The number of aliphatic hydroxyl groups excluding tert-OH is 2. The first kappa shape index (κ1) is 98.6. The maximum atomic E-state index is 15.3. The fourth-order valence-corrected chi connectivity index (χ4v) is 18.8. The van der Waals surface area contributed by atoms with Crippen LogP contribution in [-0.4, -0.2) is 279 Å². The van der Waals surface area contributed by atoms with E-state index in [0.29, 0.717) is 167 Å². The molecule has 0 spiro atoms. The monoisotopic (exact) mass is 1870 g/mol. The molecule has 17 rings (SSSR count). The van der Waals surface area contributed by atoms with Crippen LogP contribution in [0.1, 0.15) is 162 Å². The lowest BCUT2D eigenvalue weighted by molar-refractivity contribution is -0.146. The quantitative estimate of drug-likeness (QED) is 0.0437. The number of methoxy groups -OCH3 is 2. The van der Waals surface area contributed by atoms with E-state index in [0.717, 1.165) is 26.5 Å². The average Bonchev–Trinajstić information content (AvgIpc) is 1.60. The first-order chi connectivity index (χ1) is 65.4. The van der Waals surface area contributed by atoms with E-state index in [9.17, 15) is 67.7 Å². The number of imide groups is 1. The molecule has 10 amide bonds. The molecule has 0 aromatic heterocycles. The lowest BCUT2D eigenvalue weighted by Gasteiger charge is -2.31. The number of thioether (sulfide) groups is 1. The number of benzene rings is 6. The number of hydrogen-bond acceptors (Lipinski definition) is 26. The Labute approximate surface area is 788 Å². The number of fused-ring (bicyclic) bond motifs is 2. The molecule has 3 unspecified atom stereocenters. The van der Waals surface area contributed by atoms with Crippen molar-refractivity contribution in [1.29, 1.82) is 0 Å². The van der Waals surface area contributed by atoms with Gasteiger partial charge >= 0.3 is 12.2 Å². The molecule has 8 bridgehead atoms. The van der Waals surface area contributed by atoms with Gasteiger partial charge in [-0.25, -0.2) is 19.4 Å². The highest BCUT2D eigenvalue weighted by Crippen LogP contribution is 2.45. The Bertz CT molecular complexity index is 5380. The van der Waals surface area contributed by atoms with E-state index in [1.165, 1.54) is 45.7 Å². The lowest BCUT2D eigenvalue weighted by atomic mass is 10.0. The van der Waals surface area contributed by atoms with E-state index in [4.69, 9.17) is 37.9 Å². The van der Waals surface area contributed by atoms with E-state index in [1.807, 2.05) is 18.4 Å². The van der Waals surface area contributed by atoms with Crippen molar-refractivity contribution in [3.63, 3.8) is 0 Å². The average molecular weight is 1880 g/mol. The standard InChI is InChI=1S/C100H119N11O23S/c1-63-48-77-81-54-85(63)131-43-9-6-10-44-132-87-55-82-78(53-86(87)128-3)94(120)109-59-70(68-26-30-72(31-27-68)104-92(118)79-15-11-41-106(79)95(121)80-16-12-40-105(80)90(116)17-7-5-8-39-107-91(117)56-88(135-4)98(107)124)51-84(109)97(123)111(82)100(126)134-62-67-24-20-65(21-25-67)50-75(114)58-102-37-46-130-47-38-103-89(115)35-32-73(112)14-13-42-129-45-36-101-57-74(113)49-64-18-22-66(23-19-64)61-133-99(125)110(81)96(122)83-52-71(60-108(83)93(77)119)69-28-33-76(127-2)34-29-69/h18-31,33-34,48,51-55,79-80,83-84,88,96-97,101-102,122-123H,5-17,32,35-47,49-50,56-62H2,1-4H3,(H,103,115)(H,104,118)/t79-,80-,83-,84-,88?,96?,97?/m0/s1. The van der Waals surface area contributed by atoms with Gasteiger partial charge in [-0.2, -0.15) is 11.8 Å². The zero-order valence-corrected chi connectivity index (χ0v) is 77.5. The normalized spacial score (nSPS) is 22.5. The van der Waals surface area contributed by atoms with E-state index < -0.39 is 66.5 Å². The number of nitrogens with one attached hydrogen (secondary N) is 4. The minimum absolute atomic E-state index is 0.0200. The minimum atomic E-state index is -1.76. The van der Waals surface area contributed by atoms with Crippen LogP contribution < -0.4 is 50.0 Å². The molecule has 3 saturated heterocycles. The molecule has 6 aromatic carbocycles. The molecule has 135 heavy (non-hydrogen) atoms. The molecule has 718 valence electrons. The van der Waals surface area contributed by atoms with Crippen molar-refractivity contribution >= 4 is 117 Å². The highest BCUT2D eigenvalue weighted by Gasteiger charge is 2.49. The number of hydrogen-bond donors (Lipinski definition) is 6. The zero-order valence-electron chi connectivity index (χ0n) is 76.7. The van der Waals surface area contributed by atoms with Crippen LogP contribution in [0, 0.1) is 6.92 Å². The summed E-state index contributed by atoms with van der Waals surface area (Å²) in [6, 6.07) is 30.6. The van der Waals surface area contributed by atoms with E-state index in [2.05, 4.69) is 21.3 Å². The minimum Gasteiger partial charge on any atom is -0.497 e. The van der Waals surface area contributed by atoms with E-state index in [-0.39, 0.29) is 203 Å². The van der Waals surface area contributed by atoms with Gasteiger partial charge in [0.25, 0.3) is 11.8 Å². The molecule has 35 heteroatoms. The Morgan fingerprint density at radius 2 is 1.07 bits per heavy atom. The van der Waals surface area contributed by atoms with Crippen LogP contribution in [0.3, 0.4) is 0 Å². The second-order valence-electron chi connectivity index (χ2n) is 34.8. The summed E-state index contributed by atoms with van der Waals surface area (Å²) in [5.41, 5.74) is 6.48. The predicted molar refractivity (Wildman–Crippen MR) is 501 cm³/mol. The van der Waals surface area contributed by atoms with Crippen LogP contribution >= 0.6 is 11.8 Å². The number of Topliss-reactive ketones (excluding diaryl/α,β-unsaturated/α-hetero) is 3. The van der Waals surface area contributed by atoms with Gasteiger partial charge in [-0.1, -0.05) is 91.4 Å². The van der Waals surface area contributed by atoms with Gasteiger partial charge < -0.3 is 89.0 Å². The molecule has 7 atom stereocenters. The van der Waals surface area contributed by atoms with Crippen LogP contribution in [0.4, 0.5) is 26.7 Å². The number of anilines is 3. The Morgan fingerprint density at radius 1 is 0.533 bits per heavy atom. The van der Waals surface area contributed by atoms with Crippen molar-refractivity contribution in [2.24, 2.45) is 0 Å². The van der Waals surface area contributed by atoms with Gasteiger partial charge in [-0.15, -0.1) is 0 Å². The van der Waals surface area contributed by atoms with Crippen molar-refractivity contribution in [3.05, 3.63) is 184 Å². The molecular formula is C100H119N11O23S. The third-order valence-electron chi connectivity index (χ3n) is 25.5. The van der Waals surface area contributed by atoms with Crippen LogP contribution in [0.2, 0.25) is 0 Å². The van der Waals surface area contributed by atoms with Crippen molar-refractivity contribution in [2.75, 3.05) is 141 Å². The number of aliphatic hydroxyl groups is 2. The Kier molecular flexibility index (Phi) is 34.5. The first-order valence-electron chi connectivity index (χ1n) is 46.4. The van der Waals surface area contributed by atoms with Gasteiger partial charge in [0.2, 0.25) is 35.4 Å². The van der Waals surface area contributed by atoms with Gasteiger partial charge in [0.15, 0.2) is 35.5 Å². The predicted octanol–water partition coefficient (Wildman–Crippen LogP) is 9.07. The first-order valence-corrected chi connectivity index (χ1v) is 47.7. The number of likely N-dealkylation sites (tertiary alicyclic amines) is 3. The maximum Gasteiger partial charge on any atom is 0.416 e. The number of nitrogens with zero attached hydrogens (tertiary/aromatic N) is 7. The van der Waals surface area contributed by atoms with Crippen molar-refractivity contribution in [3.8, 4) is 23.0 Å². The summed E-state index contributed by atoms with van der Waals surface area (Å²) in [5, 5.41) is 36.8. The topological polar surface area (TPSA) is 407 Å². The molecule has 0 radical (unpaired) electrons. The fraction of sp³-hybridized carbons (Fsp3) is 0.470. The Morgan fingerprint density at radius 3 is 1.65 bits per heavy atom. The Balaban J connectivity index is 0.645. The van der Waals surface area contributed by atoms with E-state index in [1.54, 1.807) is 133 Å². The Hall–Kier alpha value is -12.4. The van der Waals surface area contributed by atoms with Gasteiger partial charge in [0.1, 0.15) is 42.6 Å². The summed E-state index contributed by atoms with van der Waals surface area (Å²) in [7, 11) is 2.97. The number of unbranched alkanes of at least 4 members (excludes halogenated alkanes) is 2. The van der Waals surface area contributed by atoms with Crippen LogP contribution in [-0.2, 0) is 88.2 Å². The number of ether oxygens (including phenoxy) is 8. The highest BCUT2D eigenvalue weighted by molar-refractivity contribution is 8.00. The maximum absolute atomic E-state index is 15.3. The summed E-state index contributed by atoms with van der Waals surface area (Å²) in [5.74, 6) is -1.45. The summed E-state index contributed by atoms with van der Waals surface area (Å²) in [4.78, 5) is 188. The van der Waals surface area contributed by atoms with Crippen molar-refractivity contribution in [1.82, 2.24) is 40.4 Å². The molecule has 11 heterocycles. The summed E-state index contributed by atoms with van der Waals surface area (Å²) in [6.45, 7) is 4.97. The van der Waals surface area contributed by atoms with Gasteiger partial charge in [0, 0.05) is 122 Å². The highest BCUT2D eigenvalue weighted by atomic mass is 32.2. The van der Waals surface area contributed by atoms with Crippen LogP contribution in [0.15, 0.2) is 133 Å². The summed E-state index contributed by atoms with van der Waals surface area (Å²) >= 11 is 1.37. The number of carbonyl (C=O) groups is 13. The van der Waals surface area contributed by atoms with Gasteiger partial charge in [0.05, 0.1) is 100 Å². The smallest absolute Gasteiger partial charge is 0.416 e. The SMILES string of the molecule is COc1ccc(C2=C[C@H]3C(O)N4C(=O)OCc5ccc(cc5)CC(=O)CNCCOCCCC(=O)CCC(=O)NCCOCCNCC(=O)Cc5ccc(cc5)COC(=O)N5c6cc(c(OC)cc6C(=O)N6CC(c7ccc(NC(=O)[C@@H]8CCCN8C(=O)[C@@H]8CCCN8C(=O)CCCCCN8C(=O)CC(SC)C8=O)cc7)=C[C@H]6C5O)OCCCCCOc5cc4c(cc5C)C(=O)N3C2)cc1. The number of ketones is 3. The third kappa shape index (κ3) is 24.9. The third-order valence-corrected chi connectivity index (χ3v) is 26.4. The van der Waals surface area contributed by atoms with Crippen LogP contribution in [0.25, 0.3) is 11.1 Å². The molecule has 6 N–H and O–H groups in total. The second kappa shape index (κ2) is 47.2. The fourth-order valence-electron chi connectivity index (χ4n) is 18.1. The molecule has 6 aromatic rings. The van der Waals surface area contributed by atoms with Gasteiger partial charge in [-0.05, 0) is 164 Å². The zero-order chi connectivity index (χ0) is 95.2. The number of amides is 10. The van der Waals surface area contributed by atoms with Crippen molar-refractivity contribution in [2.45, 2.75) is 178 Å². The molecule has 11 aliphatic rings. The number of carbonyl (C=O) groups excluding carboxylic acids is 13. The second-order valence-corrected chi connectivity index (χ2v) is 35.8. The molecule has 11 aliphatic heterocycles. The van der Waals surface area contributed by atoms with E-state index >= 15 is 4.79 Å². The molecule has 3 fully saturated rings.